The van der Waals surface area contributed by atoms with Crippen molar-refractivity contribution >= 4 is 5.69 Å². The van der Waals surface area contributed by atoms with Gasteiger partial charge in [0.15, 0.2) is 0 Å². The maximum atomic E-state index is 12.3. The van der Waals surface area contributed by atoms with Gasteiger partial charge in [0.05, 0.1) is 19.5 Å². The second-order valence-corrected chi connectivity index (χ2v) is 5.95. The predicted octanol–water partition coefficient (Wildman–Crippen LogP) is 2.96. The molecule has 0 aromatic heterocycles. The topological polar surface area (TPSA) is 15.7 Å². The molecule has 4 heteroatoms. The first kappa shape index (κ1) is 15.1. The lowest BCUT2D eigenvalue weighted by atomic mass is 9.97. The van der Waals surface area contributed by atoms with E-state index < -0.39 is 0 Å². The zero-order chi connectivity index (χ0) is 14.6. The van der Waals surface area contributed by atoms with E-state index in [1.807, 2.05) is 18.2 Å². The van der Waals surface area contributed by atoms with Crippen molar-refractivity contribution in [2.75, 3.05) is 44.9 Å². The molecular formula is C16H25FN2O. The average molecular weight is 280 g/mol. The van der Waals surface area contributed by atoms with Crippen LogP contribution in [0.4, 0.5) is 10.1 Å². The second-order valence-electron chi connectivity index (χ2n) is 5.95. The fraction of sp³-hybridized carbons (Fsp3) is 0.625. The number of hydrogen-bond donors (Lipinski definition) is 0. The normalized spacial score (nSPS) is 19.1. The van der Waals surface area contributed by atoms with E-state index >= 15 is 0 Å². The van der Waals surface area contributed by atoms with Crippen LogP contribution in [-0.2, 0) is 0 Å². The third-order valence-electron chi connectivity index (χ3n) is 3.97. The molecule has 1 aliphatic heterocycles. The van der Waals surface area contributed by atoms with Crippen LogP contribution in [0.25, 0.3) is 0 Å². The lowest BCUT2D eigenvalue weighted by molar-refractivity contribution is 0.176. The number of para-hydroxylation sites is 2. The SMILES string of the molecule is COc1ccccc1N1CCN(CCCF)CC1(C)C. The summed E-state index contributed by atoms with van der Waals surface area (Å²) < 4.78 is 17.8. The van der Waals surface area contributed by atoms with Crippen molar-refractivity contribution < 1.29 is 9.13 Å². The van der Waals surface area contributed by atoms with E-state index in [0.29, 0.717) is 6.42 Å². The van der Waals surface area contributed by atoms with E-state index in [1.54, 1.807) is 7.11 Å². The first-order valence-electron chi connectivity index (χ1n) is 7.27. The molecule has 1 aromatic rings. The van der Waals surface area contributed by atoms with Crippen LogP contribution < -0.4 is 9.64 Å². The third-order valence-corrected chi connectivity index (χ3v) is 3.97. The summed E-state index contributed by atoms with van der Waals surface area (Å²) in [6.45, 7) is 7.96. The number of nitrogens with zero attached hydrogens (tertiary/aromatic N) is 2. The Morgan fingerprint density at radius 2 is 2.00 bits per heavy atom. The molecule has 1 aromatic carbocycles. The number of ether oxygens (including phenoxy) is 1. The van der Waals surface area contributed by atoms with Crippen LogP contribution in [-0.4, -0.2) is 50.4 Å². The summed E-state index contributed by atoms with van der Waals surface area (Å²) in [5, 5.41) is 0. The van der Waals surface area contributed by atoms with Gasteiger partial charge in [-0.05, 0) is 32.4 Å². The fourth-order valence-electron chi connectivity index (χ4n) is 3.03. The highest BCUT2D eigenvalue weighted by atomic mass is 19.1. The van der Waals surface area contributed by atoms with Crippen LogP contribution >= 0.6 is 0 Å². The highest BCUT2D eigenvalue weighted by molar-refractivity contribution is 5.60. The Labute approximate surface area is 121 Å². The van der Waals surface area contributed by atoms with Crippen LogP contribution in [0.5, 0.6) is 5.75 Å². The maximum absolute atomic E-state index is 12.3. The summed E-state index contributed by atoms with van der Waals surface area (Å²) in [4.78, 5) is 4.75. The summed E-state index contributed by atoms with van der Waals surface area (Å²) in [5.41, 5.74) is 1.16. The lowest BCUT2D eigenvalue weighted by Crippen LogP contribution is -2.59. The molecule has 0 radical (unpaired) electrons. The smallest absolute Gasteiger partial charge is 0.142 e. The zero-order valence-corrected chi connectivity index (χ0v) is 12.7. The fourth-order valence-corrected chi connectivity index (χ4v) is 3.03. The molecule has 3 nitrogen and oxygen atoms in total. The van der Waals surface area contributed by atoms with Crippen molar-refractivity contribution in [3.8, 4) is 5.75 Å². The number of benzene rings is 1. The maximum Gasteiger partial charge on any atom is 0.142 e. The largest absolute Gasteiger partial charge is 0.495 e. The van der Waals surface area contributed by atoms with Crippen LogP contribution in [0.2, 0.25) is 0 Å². The Balaban J connectivity index is 2.14. The molecule has 0 atom stereocenters. The van der Waals surface area contributed by atoms with Gasteiger partial charge in [-0.15, -0.1) is 0 Å². The highest BCUT2D eigenvalue weighted by Gasteiger charge is 2.34. The monoisotopic (exact) mass is 280 g/mol. The van der Waals surface area contributed by atoms with E-state index in [-0.39, 0.29) is 12.2 Å². The van der Waals surface area contributed by atoms with Crippen LogP contribution in [0.15, 0.2) is 24.3 Å². The Morgan fingerprint density at radius 3 is 2.65 bits per heavy atom. The first-order valence-corrected chi connectivity index (χ1v) is 7.27. The highest BCUT2D eigenvalue weighted by Crippen LogP contribution is 2.34. The minimum atomic E-state index is -0.229. The van der Waals surface area contributed by atoms with Gasteiger partial charge in [-0.1, -0.05) is 12.1 Å². The summed E-state index contributed by atoms with van der Waals surface area (Å²) in [5.74, 6) is 0.915. The molecule has 0 bridgehead atoms. The summed E-state index contributed by atoms with van der Waals surface area (Å²) >= 11 is 0. The first-order chi connectivity index (χ1) is 9.58. The van der Waals surface area contributed by atoms with Crippen molar-refractivity contribution in [2.24, 2.45) is 0 Å². The molecule has 1 aliphatic rings. The minimum Gasteiger partial charge on any atom is -0.495 e. The van der Waals surface area contributed by atoms with E-state index in [4.69, 9.17) is 4.74 Å². The Morgan fingerprint density at radius 1 is 1.25 bits per heavy atom. The molecule has 20 heavy (non-hydrogen) atoms. The molecule has 0 aliphatic carbocycles. The molecule has 112 valence electrons. The second kappa shape index (κ2) is 6.44. The van der Waals surface area contributed by atoms with Gasteiger partial charge in [0.1, 0.15) is 5.75 Å². The average Bonchev–Trinajstić information content (AvgIpc) is 2.44. The van der Waals surface area contributed by atoms with Crippen molar-refractivity contribution in [3.05, 3.63) is 24.3 Å². The number of alkyl halides is 1. The lowest BCUT2D eigenvalue weighted by Gasteiger charge is -2.48. The van der Waals surface area contributed by atoms with Gasteiger partial charge in [-0.25, -0.2) is 0 Å². The van der Waals surface area contributed by atoms with Crippen LogP contribution in [0, 0.1) is 0 Å². The molecular weight excluding hydrogens is 255 g/mol. The third kappa shape index (κ3) is 3.23. The number of halogens is 1. The number of hydrogen-bond acceptors (Lipinski definition) is 3. The quantitative estimate of drug-likeness (QED) is 0.824. The molecule has 1 heterocycles. The number of piperazine rings is 1. The number of rotatable bonds is 5. The van der Waals surface area contributed by atoms with E-state index in [2.05, 4.69) is 29.7 Å². The summed E-state index contributed by atoms with van der Waals surface area (Å²) in [6, 6.07) is 8.15. The summed E-state index contributed by atoms with van der Waals surface area (Å²) in [6.07, 6.45) is 0.630. The van der Waals surface area contributed by atoms with Crippen molar-refractivity contribution in [1.29, 1.82) is 0 Å². The Bertz CT molecular complexity index is 436. The van der Waals surface area contributed by atoms with Gasteiger partial charge >= 0.3 is 0 Å². The van der Waals surface area contributed by atoms with E-state index in [0.717, 1.165) is 37.6 Å². The molecule has 0 amide bonds. The molecule has 0 spiro atoms. The van der Waals surface area contributed by atoms with Gasteiger partial charge < -0.3 is 9.64 Å². The van der Waals surface area contributed by atoms with E-state index in [9.17, 15) is 4.39 Å². The number of methoxy groups -OCH3 is 1. The van der Waals surface area contributed by atoms with Gasteiger partial charge in [0.2, 0.25) is 0 Å². The molecule has 0 unspecified atom stereocenters. The van der Waals surface area contributed by atoms with Gasteiger partial charge in [0, 0.05) is 31.7 Å². The summed E-state index contributed by atoms with van der Waals surface area (Å²) in [7, 11) is 1.71. The molecule has 2 rings (SSSR count). The molecule has 1 saturated heterocycles. The van der Waals surface area contributed by atoms with Gasteiger partial charge in [-0.2, -0.15) is 0 Å². The number of anilines is 1. The Hall–Kier alpha value is -1.29. The van der Waals surface area contributed by atoms with Crippen molar-refractivity contribution in [1.82, 2.24) is 4.90 Å². The van der Waals surface area contributed by atoms with Gasteiger partial charge in [-0.3, -0.25) is 9.29 Å². The Kier molecular flexibility index (Phi) is 4.86. The zero-order valence-electron chi connectivity index (χ0n) is 12.7. The standard InChI is InChI=1S/C16H25FN2O/c1-16(2)13-18(10-6-9-17)11-12-19(16)14-7-4-5-8-15(14)20-3/h4-5,7-8H,6,9-13H2,1-3H3. The van der Waals surface area contributed by atoms with Crippen molar-refractivity contribution in [2.45, 2.75) is 25.8 Å². The van der Waals surface area contributed by atoms with Crippen LogP contribution in [0.1, 0.15) is 20.3 Å². The van der Waals surface area contributed by atoms with Crippen molar-refractivity contribution in [3.63, 3.8) is 0 Å². The minimum absolute atomic E-state index is 0.0171. The molecule has 0 saturated carbocycles. The molecule has 1 fully saturated rings. The molecule has 0 N–H and O–H groups in total. The predicted molar refractivity (Wildman–Crippen MR) is 81.5 cm³/mol. The van der Waals surface area contributed by atoms with Gasteiger partial charge in [0.25, 0.3) is 0 Å². The van der Waals surface area contributed by atoms with E-state index in [1.165, 1.54) is 0 Å². The van der Waals surface area contributed by atoms with Crippen LogP contribution in [0.3, 0.4) is 0 Å².